The molecule has 1 aliphatic heterocycles. The van der Waals surface area contributed by atoms with Crippen LogP contribution >= 0.6 is 0 Å². The zero-order valence-corrected chi connectivity index (χ0v) is 9.79. The van der Waals surface area contributed by atoms with Crippen LogP contribution < -0.4 is 11.1 Å². The quantitative estimate of drug-likeness (QED) is 0.753. The van der Waals surface area contributed by atoms with Crippen molar-refractivity contribution in [3.8, 4) is 0 Å². The predicted octanol–water partition coefficient (Wildman–Crippen LogP) is 0.00470. The Morgan fingerprint density at radius 3 is 2.61 bits per heavy atom. The van der Waals surface area contributed by atoms with Crippen molar-refractivity contribution in [1.29, 1.82) is 0 Å². The van der Waals surface area contributed by atoms with Crippen LogP contribution in [0.1, 0.15) is 19.3 Å². The third-order valence-electron chi connectivity index (χ3n) is 2.76. The standard InChI is InChI=1S/C10H16F3N3O2/c11-10(12,13)9(18)16-5-1-2-7(6-16)15-4-3-8(14)17/h7,15H,1-6H2,(H2,14,17). The maximum atomic E-state index is 12.2. The molecule has 18 heavy (non-hydrogen) atoms. The summed E-state index contributed by atoms with van der Waals surface area (Å²) in [6.07, 6.45) is -3.50. The van der Waals surface area contributed by atoms with Crippen LogP contribution in [-0.4, -0.2) is 48.6 Å². The minimum atomic E-state index is -4.82. The first-order valence-corrected chi connectivity index (χ1v) is 5.68. The lowest BCUT2D eigenvalue weighted by Gasteiger charge is -2.33. The molecule has 1 atom stereocenters. The van der Waals surface area contributed by atoms with Crippen LogP contribution in [-0.2, 0) is 9.59 Å². The summed E-state index contributed by atoms with van der Waals surface area (Å²) in [6.45, 7) is 0.442. The van der Waals surface area contributed by atoms with Gasteiger partial charge in [-0.05, 0) is 12.8 Å². The van der Waals surface area contributed by atoms with Gasteiger partial charge in [-0.2, -0.15) is 13.2 Å². The number of carbonyl (C=O) groups is 2. The molecule has 104 valence electrons. The number of nitrogens with one attached hydrogen (secondary N) is 1. The Bertz CT molecular complexity index is 320. The van der Waals surface area contributed by atoms with Crippen molar-refractivity contribution in [3.63, 3.8) is 0 Å². The van der Waals surface area contributed by atoms with E-state index in [0.29, 0.717) is 19.4 Å². The molecule has 1 rings (SSSR count). The fourth-order valence-corrected chi connectivity index (χ4v) is 1.91. The van der Waals surface area contributed by atoms with Crippen LogP contribution in [0, 0.1) is 0 Å². The van der Waals surface area contributed by atoms with E-state index in [1.165, 1.54) is 0 Å². The summed E-state index contributed by atoms with van der Waals surface area (Å²) < 4.78 is 36.7. The van der Waals surface area contributed by atoms with E-state index in [2.05, 4.69) is 5.32 Å². The Kier molecular flexibility index (Phi) is 4.94. The third kappa shape index (κ3) is 4.52. The highest BCUT2D eigenvalue weighted by Gasteiger charge is 2.43. The number of likely N-dealkylation sites (tertiary alicyclic amines) is 1. The van der Waals surface area contributed by atoms with Crippen LogP contribution in [0.15, 0.2) is 0 Å². The van der Waals surface area contributed by atoms with E-state index >= 15 is 0 Å². The van der Waals surface area contributed by atoms with Gasteiger partial charge in [0.1, 0.15) is 0 Å². The molecular formula is C10H16F3N3O2. The second-order valence-corrected chi connectivity index (χ2v) is 4.26. The minimum absolute atomic E-state index is 0.0110. The molecule has 1 aliphatic rings. The van der Waals surface area contributed by atoms with Gasteiger partial charge in [-0.25, -0.2) is 0 Å². The molecule has 1 fully saturated rings. The molecule has 0 aliphatic carbocycles. The van der Waals surface area contributed by atoms with E-state index in [1.807, 2.05) is 0 Å². The Morgan fingerprint density at radius 2 is 2.06 bits per heavy atom. The molecular weight excluding hydrogens is 251 g/mol. The number of alkyl halides is 3. The van der Waals surface area contributed by atoms with Crippen LogP contribution in [0.25, 0.3) is 0 Å². The minimum Gasteiger partial charge on any atom is -0.370 e. The first-order valence-electron chi connectivity index (χ1n) is 5.68. The van der Waals surface area contributed by atoms with Crippen molar-refractivity contribution in [2.75, 3.05) is 19.6 Å². The van der Waals surface area contributed by atoms with E-state index in [-0.39, 0.29) is 25.6 Å². The number of hydrogen-bond acceptors (Lipinski definition) is 3. The number of hydrogen-bond donors (Lipinski definition) is 2. The van der Waals surface area contributed by atoms with Gasteiger partial charge < -0.3 is 16.0 Å². The van der Waals surface area contributed by atoms with Crippen molar-refractivity contribution in [2.45, 2.75) is 31.5 Å². The van der Waals surface area contributed by atoms with E-state index < -0.39 is 18.0 Å². The summed E-state index contributed by atoms with van der Waals surface area (Å²) in [5.41, 5.74) is 4.95. The molecule has 0 spiro atoms. The van der Waals surface area contributed by atoms with Crippen molar-refractivity contribution in [2.24, 2.45) is 5.73 Å². The Morgan fingerprint density at radius 1 is 1.39 bits per heavy atom. The summed E-state index contributed by atoms with van der Waals surface area (Å²) in [7, 11) is 0. The average Bonchev–Trinajstić information content (AvgIpc) is 2.26. The van der Waals surface area contributed by atoms with Crippen LogP contribution in [0.4, 0.5) is 13.2 Å². The number of halogens is 3. The van der Waals surface area contributed by atoms with Gasteiger partial charge in [0, 0.05) is 32.1 Å². The number of piperidine rings is 1. The van der Waals surface area contributed by atoms with Crippen LogP contribution in [0.2, 0.25) is 0 Å². The highest BCUT2D eigenvalue weighted by atomic mass is 19.4. The Labute approximate surface area is 102 Å². The normalized spacial score (nSPS) is 20.8. The third-order valence-corrected chi connectivity index (χ3v) is 2.76. The molecule has 8 heteroatoms. The lowest BCUT2D eigenvalue weighted by molar-refractivity contribution is -0.186. The molecule has 2 amide bonds. The van der Waals surface area contributed by atoms with Gasteiger partial charge in [-0.3, -0.25) is 9.59 Å². The summed E-state index contributed by atoms with van der Waals surface area (Å²) in [6, 6.07) is -0.218. The molecule has 0 aromatic heterocycles. The lowest BCUT2D eigenvalue weighted by atomic mass is 10.1. The van der Waals surface area contributed by atoms with Crippen LogP contribution in [0.5, 0.6) is 0 Å². The van der Waals surface area contributed by atoms with E-state index in [4.69, 9.17) is 5.73 Å². The molecule has 3 N–H and O–H groups in total. The fourth-order valence-electron chi connectivity index (χ4n) is 1.91. The molecule has 1 saturated heterocycles. The summed E-state index contributed by atoms with van der Waals surface area (Å²) >= 11 is 0. The molecule has 5 nitrogen and oxygen atoms in total. The van der Waals surface area contributed by atoms with Gasteiger partial charge in [-0.15, -0.1) is 0 Å². The van der Waals surface area contributed by atoms with E-state index in [1.54, 1.807) is 0 Å². The zero-order chi connectivity index (χ0) is 13.8. The van der Waals surface area contributed by atoms with E-state index in [0.717, 1.165) is 4.90 Å². The number of rotatable bonds is 4. The topological polar surface area (TPSA) is 75.4 Å². The zero-order valence-electron chi connectivity index (χ0n) is 9.79. The van der Waals surface area contributed by atoms with Gasteiger partial charge in [0.05, 0.1) is 0 Å². The number of nitrogens with zero attached hydrogens (tertiary/aromatic N) is 1. The highest BCUT2D eigenvalue weighted by molar-refractivity contribution is 5.82. The van der Waals surface area contributed by atoms with E-state index in [9.17, 15) is 22.8 Å². The summed E-state index contributed by atoms with van der Waals surface area (Å²) in [4.78, 5) is 22.4. The van der Waals surface area contributed by atoms with Gasteiger partial charge in [-0.1, -0.05) is 0 Å². The molecule has 0 bridgehead atoms. The van der Waals surface area contributed by atoms with Crippen molar-refractivity contribution in [1.82, 2.24) is 10.2 Å². The fraction of sp³-hybridized carbons (Fsp3) is 0.800. The summed E-state index contributed by atoms with van der Waals surface area (Å²) in [5, 5.41) is 2.93. The van der Waals surface area contributed by atoms with Crippen LogP contribution in [0.3, 0.4) is 0 Å². The number of nitrogens with two attached hydrogens (primary N) is 1. The maximum Gasteiger partial charge on any atom is 0.471 e. The smallest absolute Gasteiger partial charge is 0.370 e. The molecule has 0 saturated carbocycles. The average molecular weight is 267 g/mol. The van der Waals surface area contributed by atoms with Crippen molar-refractivity contribution in [3.05, 3.63) is 0 Å². The Balaban J connectivity index is 2.41. The van der Waals surface area contributed by atoms with Crippen molar-refractivity contribution >= 4 is 11.8 Å². The maximum absolute atomic E-state index is 12.2. The summed E-state index contributed by atoms with van der Waals surface area (Å²) in [5.74, 6) is -2.27. The van der Waals surface area contributed by atoms with Gasteiger partial charge in [0.25, 0.3) is 0 Å². The Hall–Kier alpha value is -1.31. The SMILES string of the molecule is NC(=O)CCNC1CCCN(C(=O)C(F)(F)F)C1. The predicted molar refractivity (Wildman–Crippen MR) is 57.5 cm³/mol. The first kappa shape index (κ1) is 14.7. The van der Waals surface area contributed by atoms with Gasteiger partial charge in [0.2, 0.25) is 5.91 Å². The number of primary amides is 1. The van der Waals surface area contributed by atoms with Gasteiger partial charge in [0.15, 0.2) is 0 Å². The van der Waals surface area contributed by atoms with Gasteiger partial charge >= 0.3 is 12.1 Å². The molecule has 0 aromatic rings. The molecule has 1 heterocycles. The molecule has 0 radical (unpaired) electrons. The monoisotopic (exact) mass is 267 g/mol. The molecule has 1 unspecified atom stereocenters. The lowest BCUT2D eigenvalue weighted by Crippen LogP contribution is -2.51. The second-order valence-electron chi connectivity index (χ2n) is 4.26. The second kappa shape index (κ2) is 6.03. The first-order chi connectivity index (χ1) is 8.30. The highest BCUT2D eigenvalue weighted by Crippen LogP contribution is 2.21. The number of carbonyl (C=O) groups excluding carboxylic acids is 2. The molecule has 0 aromatic carbocycles. The van der Waals surface area contributed by atoms with Crippen molar-refractivity contribution < 1.29 is 22.8 Å². The number of amides is 2. The largest absolute Gasteiger partial charge is 0.471 e.